The number of carbonyl (C=O) groups excluding carboxylic acids is 2. The number of aryl methyl sites for hydroxylation is 2. The third-order valence-electron chi connectivity index (χ3n) is 3.32. The number of hydrogen-bond donors (Lipinski definition) is 1. The number of esters is 1. The average molecular weight is 382 g/mol. The molecule has 0 aromatic heterocycles. The van der Waals surface area contributed by atoms with Crippen LogP contribution in [0.4, 0.5) is 5.69 Å². The highest BCUT2D eigenvalue weighted by Gasteiger charge is 2.10. The molecule has 25 heavy (non-hydrogen) atoms. The summed E-state index contributed by atoms with van der Waals surface area (Å²) in [6, 6.07) is 10.2. The van der Waals surface area contributed by atoms with Gasteiger partial charge in [0.15, 0.2) is 13.2 Å². The van der Waals surface area contributed by atoms with Gasteiger partial charge in [0.1, 0.15) is 5.75 Å². The first kappa shape index (κ1) is 19.1. The van der Waals surface area contributed by atoms with E-state index in [0.29, 0.717) is 21.5 Å². The number of carbonyl (C=O) groups is 2. The first-order valence-electron chi connectivity index (χ1n) is 7.45. The molecular weight excluding hydrogens is 365 g/mol. The minimum atomic E-state index is -0.648. The molecule has 0 aliphatic heterocycles. The van der Waals surface area contributed by atoms with Gasteiger partial charge < -0.3 is 14.8 Å². The largest absolute Gasteiger partial charge is 0.482 e. The third-order valence-corrected chi connectivity index (χ3v) is 3.98. The molecule has 2 aromatic carbocycles. The minimum Gasteiger partial charge on any atom is -0.482 e. The van der Waals surface area contributed by atoms with E-state index in [1.807, 2.05) is 13.8 Å². The molecule has 0 heterocycles. The fourth-order valence-electron chi connectivity index (χ4n) is 1.95. The highest BCUT2D eigenvalue weighted by Crippen LogP contribution is 2.21. The first-order valence-corrected chi connectivity index (χ1v) is 8.21. The van der Waals surface area contributed by atoms with Crippen molar-refractivity contribution in [2.24, 2.45) is 0 Å². The number of nitrogens with one attached hydrogen (secondary N) is 1. The summed E-state index contributed by atoms with van der Waals surface area (Å²) >= 11 is 11.8. The van der Waals surface area contributed by atoms with Crippen molar-refractivity contribution >= 4 is 40.8 Å². The van der Waals surface area contributed by atoms with E-state index in [1.165, 1.54) is 0 Å². The van der Waals surface area contributed by atoms with E-state index in [0.717, 1.165) is 11.1 Å². The molecule has 1 N–H and O–H groups in total. The summed E-state index contributed by atoms with van der Waals surface area (Å²) in [4.78, 5) is 23.5. The van der Waals surface area contributed by atoms with E-state index in [9.17, 15) is 9.59 Å². The molecular formula is C18H17Cl2NO4. The molecule has 5 nitrogen and oxygen atoms in total. The maximum absolute atomic E-state index is 11.8. The predicted molar refractivity (Wildman–Crippen MR) is 97.5 cm³/mol. The molecule has 0 atom stereocenters. The van der Waals surface area contributed by atoms with Crippen molar-refractivity contribution < 1.29 is 19.1 Å². The standard InChI is InChI=1S/C18H17Cl2NO4/c1-11-3-4-13(19)8-16(11)21-17(22)9-25-18(23)10-24-14-5-6-15(20)12(2)7-14/h3-8H,9-10H2,1-2H3,(H,21,22). The molecule has 1 amide bonds. The third kappa shape index (κ3) is 5.96. The van der Waals surface area contributed by atoms with E-state index in [1.54, 1.807) is 36.4 Å². The van der Waals surface area contributed by atoms with Crippen LogP contribution in [0, 0.1) is 13.8 Å². The molecule has 7 heteroatoms. The summed E-state index contributed by atoms with van der Waals surface area (Å²) in [5, 5.41) is 3.76. The molecule has 2 rings (SSSR count). The summed E-state index contributed by atoms with van der Waals surface area (Å²) in [5.74, 6) is -0.607. The molecule has 0 bridgehead atoms. The van der Waals surface area contributed by atoms with E-state index in [4.69, 9.17) is 32.7 Å². The van der Waals surface area contributed by atoms with Crippen LogP contribution in [0.25, 0.3) is 0 Å². The van der Waals surface area contributed by atoms with E-state index >= 15 is 0 Å². The van der Waals surface area contributed by atoms with Crippen LogP contribution in [-0.4, -0.2) is 25.1 Å². The summed E-state index contributed by atoms with van der Waals surface area (Å²) < 4.78 is 10.2. The van der Waals surface area contributed by atoms with Crippen LogP contribution < -0.4 is 10.1 Å². The number of hydrogen-bond acceptors (Lipinski definition) is 4. The van der Waals surface area contributed by atoms with Gasteiger partial charge in [-0.2, -0.15) is 0 Å². The molecule has 0 unspecified atom stereocenters. The Balaban J connectivity index is 1.78. The van der Waals surface area contributed by atoms with Crippen LogP contribution in [0.3, 0.4) is 0 Å². The van der Waals surface area contributed by atoms with Crippen molar-refractivity contribution in [3.05, 3.63) is 57.6 Å². The van der Waals surface area contributed by atoms with E-state index in [-0.39, 0.29) is 6.61 Å². The van der Waals surface area contributed by atoms with Gasteiger partial charge in [0.2, 0.25) is 0 Å². The van der Waals surface area contributed by atoms with Gasteiger partial charge in [-0.3, -0.25) is 4.79 Å². The normalized spacial score (nSPS) is 10.2. The quantitative estimate of drug-likeness (QED) is 0.762. The van der Waals surface area contributed by atoms with Gasteiger partial charge in [-0.1, -0.05) is 29.3 Å². The lowest BCUT2D eigenvalue weighted by Crippen LogP contribution is -2.24. The molecule has 0 saturated carbocycles. The van der Waals surface area contributed by atoms with Gasteiger partial charge in [0.25, 0.3) is 5.91 Å². The lowest BCUT2D eigenvalue weighted by atomic mass is 10.2. The maximum Gasteiger partial charge on any atom is 0.344 e. The summed E-state index contributed by atoms with van der Waals surface area (Å²) in [5.41, 5.74) is 2.26. The fraction of sp³-hybridized carbons (Fsp3) is 0.222. The molecule has 0 fully saturated rings. The van der Waals surface area contributed by atoms with Crippen LogP contribution in [0.15, 0.2) is 36.4 Å². The number of anilines is 1. The van der Waals surface area contributed by atoms with Gasteiger partial charge in [-0.15, -0.1) is 0 Å². The van der Waals surface area contributed by atoms with Crippen molar-refractivity contribution in [3.63, 3.8) is 0 Å². The fourth-order valence-corrected chi connectivity index (χ4v) is 2.24. The molecule has 0 radical (unpaired) electrons. The zero-order chi connectivity index (χ0) is 18.4. The zero-order valence-corrected chi connectivity index (χ0v) is 15.3. The Morgan fingerprint density at radius 3 is 2.48 bits per heavy atom. The number of benzene rings is 2. The minimum absolute atomic E-state index is 0.301. The Morgan fingerprint density at radius 2 is 1.76 bits per heavy atom. The van der Waals surface area contributed by atoms with Gasteiger partial charge in [0, 0.05) is 15.7 Å². The van der Waals surface area contributed by atoms with Gasteiger partial charge in [-0.05, 0) is 55.3 Å². The summed E-state index contributed by atoms with van der Waals surface area (Å²) in [6.07, 6.45) is 0. The van der Waals surface area contributed by atoms with Crippen molar-refractivity contribution in [1.82, 2.24) is 0 Å². The second-order valence-electron chi connectivity index (χ2n) is 5.37. The molecule has 2 aromatic rings. The zero-order valence-electron chi connectivity index (χ0n) is 13.8. The van der Waals surface area contributed by atoms with Crippen molar-refractivity contribution in [2.45, 2.75) is 13.8 Å². The van der Waals surface area contributed by atoms with Crippen molar-refractivity contribution in [3.8, 4) is 5.75 Å². The van der Waals surface area contributed by atoms with Crippen LogP contribution in [0.5, 0.6) is 5.75 Å². The van der Waals surface area contributed by atoms with Crippen LogP contribution in [0.1, 0.15) is 11.1 Å². The number of rotatable bonds is 6. The highest BCUT2D eigenvalue weighted by molar-refractivity contribution is 6.31. The van der Waals surface area contributed by atoms with Crippen LogP contribution >= 0.6 is 23.2 Å². The van der Waals surface area contributed by atoms with Crippen LogP contribution in [0.2, 0.25) is 10.0 Å². The molecule has 0 aliphatic rings. The lowest BCUT2D eigenvalue weighted by Gasteiger charge is -2.10. The molecule has 0 aliphatic carbocycles. The summed E-state index contributed by atoms with van der Waals surface area (Å²) in [6.45, 7) is 2.95. The number of ether oxygens (including phenoxy) is 2. The monoisotopic (exact) mass is 381 g/mol. The number of halogens is 2. The van der Waals surface area contributed by atoms with Crippen LogP contribution in [-0.2, 0) is 14.3 Å². The summed E-state index contributed by atoms with van der Waals surface area (Å²) in [7, 11) is 0. The maximum atomic E-state index is 11.8. The predicted octanol–water partition coefficient (Wildman–Crippen LogP) is 4.17. The second-order valence-corrected chi connectivity index (χ2v) is 6.21. The molecule has 0 saturated heterocycles. The smallest absolute Gasteiger partial charge is 0.344 e. The Bertz CT molecular complexity index is 793. The Morgan fingerprint density at radius 1 is 1.00 bits per heavy atom. The average Bonchev–Trinajstić information content (AvgIpc) is 2.57. The van der Waals surface area contributed by atoms with Gasteiger partial charge in [-0.25, -0.2) is 4.79 Å². The Kier molecular flexibility index (Phi) is 6.67. The SMILES string of the molecule is Cc1cc(OCC(=O)OCC(=O)Nc2cc(Cl)ccc2C)ccc1Cl. The van der Waals surface area contributed by atoms with Gasteiger partial charge >= 0.3 is 5.97 Å². The first-order chi connectivity index (χ1) is 11.8. The van der Waals surface area contributed by atoms with Crippen molar-refractivity contribution in [2.75, 3.05) is 18.5 Å². The lowest BCUT2D eigenvalue weighted by molar-refractivity contribution is -0.149. The van der Waals surface area contributed by atoms with E-state index in [2.05, 4.69) is 5.32 Å². The Labute approximate surface area is 155 Å². The molecule has 132 valence electrons. The number of amides is 1. The van der Waals surface area contributed by atoms with Gasteiger partial charge in [0.05, 0.1) is 0 Å². The van der Waals surface area contributed by atoms with E-state index < -0.39 is 18.5 Å². The second kappa shape index (κ2) is 8.74. The van der Waals surface area contributed by atoms with Crippen molar-refractivity contribution in [1.29, 1.82) is 0 Å². The molecule has 0 spiro atoms. The topological polar surface area (TPSA) is 64.6 Å². The highest BCUT2D eigenvalue weighted by atomic mass is 35.5. The Hall–Kier alpha value is -2.24.